The third-order valence-corrected chi connectivity index (χ3v) is 3.38. The zero-order chi connectivity index (χ0) is 12.4. The Morgan fingerprint density at radius 1 is 1.41 bits per heavy atom. The van der Waals surface area contributed by atoms with Crippen molar-refractivity contribution in [2.75, 3.05) is 6.54 Å². The summed E-state index contributed by atoms with van der Waals surface area (Å²) in [6.07, 6.45) is 0. The molecule has 17 heavy (non-hydrogen) atoms. The van der Waals surface area contributed by atoms with Gasteiger partial charge in [-0.15, -0.1) is 0 Å². The monoisotopic (exact) mass is 248 g/mol. The van der Waals surface area contributed by atoms with Gasteiger partial charge in [0.15, 0.2) is 5.11 Å². The molecule has 1 aliphatic heterocycles. The number of nitrogens with one attached hydrogen (secondary N) is 1. The average Bonchev–Trinajstić information content (AvgIpc) is 2.57. The van der Waals surface area contributed by atoms with E-state index < -0.39 is 0 Å². The highest BCUT2D eigenvalue weighted by molar-refractivity contribution is 7.80. The summed E-state index contributed by atoms with van der Waals surface area (Å²) in [5.41, 5.74) is 1.22. The van der Waals surface area contributed by atoms with Crippen LogP contribution in [0.2, 0.25) is 0 Å². The van der Waals surface area contributed by atoms with Crippen LogP contribution in [0.15, 0.2) is 30.3 Å². The van der Waals surface area contributed by atoms with Crippen molar-refractivity contribution in [3.05, 3.63) is 35.9 Å². The number of nitrogens with zero attached hydrogens (tertiary/aromatic N) is 1. The van der Waals surface area contributed by atoms with Gasteiger partial charge < -0.3 is 5.32 Å². The molecular weight excluding hydrogens is 232 g/mol. The molecular formula is C13H16N2OS. The Balaban J connectivity index is 2.07. The maximum absolute atomic E-state index is 11.9. The summed E-state index contributed by atoms with van der Waals surface area (Å²) < 4.78 is 0. The van der Waals surface area contributed by atoms with Crippen LogP contribution in [0, 0.1) is 0 Å². The molecule has 1 aromatic rings. The molecule has 1 fully saturated rings. The highest BCUT2D eigenvalue weighted by atomic mass is 32.1. The number of benzene rings is 1. The molecule has 1 aromatic carbocycles. The minimum Gasteiger partial charge on any atom is -0.351 e. The Morgan fingerprint density at radius 2 is 2.06 bits per heavy atom. The minimum absolute atomic E-state index is 0.0674. The molecule has 2 atom stereocenters. The topological polar surface area (TPSA) is 32.3 Å². The van der Waals surface area contributed by atoms with Crippen LogP contribution in [0.3, 0.4) is 0 Å². The molecule has 0 spiro atoms. The molecule has 4 heteroatoms. The zero-order valence-electron chi connectivity index (χ0n) is 10.0. The van der Waals surface area contributed by atoms with Crippen molar-refractivity contribution in [3.63, 3.8) is 0 Å². The fourth-order valence-corrected chi connectivity index (χ4v) is 2.33. The lowest BCUT2D eigenvalue weighted by Crippen LogP contribution is -2.34. The number of hydrogen-bond acceptors (Lipinski definition) is 2. The first kappa shape index (κ1) is 12.0. The van der Waals surface area contributed by atoms with Gasteiger partial charge in [0, 0.05) is 6.54 Å². The van der Waals surface area contributed by atoms with E-state index in [1.807, 2.05) is 25.1 Å². The van der Waals surface area contributed by atoms with Crippen LogP contribution in [0.1, 0.15) is 25.3 Å². The summed E-state index contributed by atoms with van der Waals surface area (Å²) in [5.74, 6) is 0.350. The SMILES string of the molecule is CC1NC(=S)N(CC(C)c2ccccc2)C1=O. The third-order valence-electron chi connectivity index (χ3n) is 3.05. The predicted octanol–water partition coefficient (Wildman–Crippen LogP) is 1.90. The second-order valence-electron chi connectivity index (χ2n) is 4.43. The highest BCUT2D eigenvalue weighted by Crippen LogP contribution is 2.18. The normalized spacial score (nSPS) is 21.5. The van der Waals surface area contributed by atoms with Gasteiger partial charge >= 0.3 is 0 Å². The van der Waals surface area contributed by atoms with E-state index >= 15 is 0 Å². The fourth-order valence-electron chi connectivity index (χ4n) is 1.99. The maximum atomic E-state index is 11.9. The van der Waals surface area contributed by atoms with Gasteiger partial charge in [-0.3, -0.25) is 9.69 Å². The van der Waals surface area contributed by atoms with Crippen LogP contribution in [0.25, 0.3) is 0 Å². The molecule has 3 nitrogen and oxygen atoms in total. The number of carbonyl (C=O) groups is 1. The van der Waals surface area contributed by atoms with Gasteiger partial charge in [-0.25, -0.2) is 0 Å². The number of carbonyl (C=O) groups excluding carboxylic acids is 1. The Labute approximate surface area is 107 Å². The Bertz CT molecular complexity index is 432. The molecule has 0 aliphatic carbocycles. The first-order valence-corrected chi connectivity index (χ1v) is 6.17. The third kappa shape index (κ3) is 2.47. The Kier molecular flexibility index (Phi) is 3.43. The van der Waals surface area contributed by atoms with Gasteiger partial charge in [-0.2, -0.15) is 0 Å². The second-order valence-corrected chi connectivity index (χ2v) is 4.82. The van der Waals surface area contributed by atoms with E-state index in [2.05, 4.69) is 24.4 Å². The Morgan fingerprint density at radius 3 is 2.59 bits per heavy atom. The molecule has 0 saturated carbocycles. The summed E-state index contributed by atoms with van der Waals surface area (Å²) in [6.45, 7) is 4.58. The standard InChI is InChI=1S/C13H16N2OS/c1-9(11-6-4-3-5-7-11)8-15-12(16)10(2)14-13(15)17/h3-7,9-10H,8H2,1-2H3,(H,14,17). The van der Waals surface area contributed by atoms with Crippen molar-refractivity contribution >= 4 is 23.2 Å². The van der Waals surface area contributed by atoms with E-state index in [-0.39, 0.29) is 17.9 Å². The molecule has 1 N–H and O–H groups in total. The molecule has 0 bridgehead atoms. The van der Waals surface area contributed by atoms with Crippen LogP contribution in [-0.4, -0.2) is 28.5 Å². The number of thiocarbonyl (C=S) groups is 1. The predicted molar refractivity (Wildman–Crippen MR) is 71.8 cm³/mol. The van der Waals surface area contributed by atoms with E-state index in [1.165, 1.54) is 5.56 Å². The van der Waals surface area contributed by atoms with Crippen molar-refractivity contribution in [1.82, 2.24) is 10.2 Å². The largest absolute Gasteiger partial charge is 0.351 e. The number of amides is 1. The molecule has 1 saturated heterocycles. The highest BCUT2D eigenvalue weighted by Gasteiger charge is 2.32. The van der Waals surface area contributed by atoms with Gasteiger partial charge in [0.2, 0.25) is 0 Å². The molecule has 1 aliphatic rings. The first-order chi connectivity index (χ1) is 8.09. The van der Waals surface area contributed by atoms with Crippen LogP contribution >= 0.6 is 12.2 Å². The molecule has 0 aromatic heterocycles. The number of rotatable bonds is 3. The molecule has 2 unspecified atom stereocenters. The maximum Gasteiger partial charge on any atom is 0.251 e. The molecule has 90 valence electrons. The van der Waals surface area contributed by atoms with Gasteiger partial charge in [0.25, 0.3) is 5.91 Å². The summed E-state index contributed by atoms with van der Waals surface area (Å²) in [4.78, 5) is 13.5. The molecule has 1 heterocycles. The van der Waals surface area contributed by atoms with E-state index in [0.29, 0.717) is 11.7 Å². The lowest BCUT2D eigenvalue weighted by Gasteiger charge is -2.20. The van der Waals surface area contributed by atoms with Gasteiger partial charge in [-0.1, -0.05) is 37.3 Å². The van der Waals surface area contributed by atoms with Gasteiger partial charge in [0.05, 0.1) is 0 Å². The van der Waals surface area contributed by atoms with Crippen LogP contribution in [0.4, 0.5) is 0 Å². The first-order valence-electron chi connectivity index (χ1n) is 5.76. The number of hydrogen-bond donors (Lipinski definition) is 1. The van der Waals surface area contributed by atoms with Gasteiger partial charge in [0.1, 0.15) is 6.04 Å². The zero-order valence-corrected chi connectivity index (χ0v) is 10.8. The lowest BCUT2D eigenvalue weighted by molar-refractivity contribution is -0.126. The van der Waals surface area contributed by atoms with Crippen molar-refractivity contribution in [3.8, 4) is 0 Å². The van der Waals surface area contributed by atoms with Crippen molar-refractivity contribution < 1.29 is 4.79 Å². The van der Waals surface area contributed by atoms with E-state index in [1.54, 1.807) is 4.90 Å². The van der Waals surface area contributed by atoms with Crippen LogP contribution < -0.4 is 5.32 Å². The van der Waals surface area contributed by atoms with Crippen molar-refractivity contribution in [2.45, 2.75) is 25.8 Å². The average molecular weight is 248 g/mol. The summed E-state index contributed by atoms with van der Waals surface area (Å²) in [5, 5.41) is 3.53. The van der Waals surface area contributed by atoms with Crippen LogP contribution in [-0.2, 0) is 4.79 Å². The second kappa shape index (κ2) is 4.84. The summed E-state index contributed by atoms with van der Waals surface area (Å²) in [6, 6.07) is 9.97. The smallest absolute Gasteiger partial charge is 0.251 e. The van der Waals surface area contributed by atoms with E-state index in [4.69, 9.17) is 12.2 Å². The molecule has 2 rings (SSSR count). The quantitative estimate of drug-likeness (QED) is 0.829. The minimum atomic E-state index is -0.189. The Hall–Kier alpha value is -1.42. The van der Waals surface area contributed by atoms with Gasteiger partial charge in [-0.05, 0) is 30.6 Å². The van der Waals surface area contributed by atoms with Crippen molar-refractivity contribution in [2.24, 2.45) is 0 Å². The van der Waals surface area contributed by atoms with Crippen LogP contribution in [0.5, 0.6) is 0 Å². The molecule has 1 amide bonds. The summed E-state index contributed by atoms with van der Waals surface area (Å²) >= 11 is 5.16. The van der Waals surface area contributed by atoms with E-state index in [0.717, 1.165) is 0 Å². The fraction of sp³-hybridized carbons (Fsp3) is 0.385. The summed E-state index contributed by atoms with van der Waals surface area (Å²) in [7, 11) is 0. The lowest BCUT2D eigenvalue weighted by atomic mass is 10.0. The molecule has 0 radical (unpaired) electrons. The van der Waals surface area contributed by atoms with E-state index in [9.17, 15) is 4.79 Å². The van der Waals surface area contributed by atoms with Crippen molar-refractivity contribution in [1.29, 1.82) is 0 Å².